The lowest BCUT2D eigenvalue weighted by atomic mass is 10.0. The molecule has 3 unspecified atom stereocenters. The lowest BCUT2D eigenvalue weighted by Crippen LogP contribution is -2.45. The Morgan fingerprint density at radius 3 is 1.38 bits per heavy atom. The van der Waals surface area contributed by atoms with Gasteiger partial charge in [0.05, 0.1) is 31.3 Å². The van der Waals surface area contributed by atoms with Gasteiger partial charge in [0.1, 0.15) is 0 Å². The van der Waals surface area contributed by atoms with Gasteiger partial charge >= 0.3 is 0 Å². The van der Waals surface area contributed by atoms with Crippen molar-refractivity contribution in [1.29, 1.82) is 0 Å². The van der Waals surface area contributed by atoms with Gasteiger partial charge in [-0.15, -0.1) is 0 Å². The van der Waals surface area contributed by atoms with Crippen molar-refractivity contribution in [3.05, 3.63) is 48.6 Å². The molecule has 0 spiro atoms. The van der Waals surface area contributed by atoms with Crippen LogP contribution in [0.25, 0.3) is 0 Å². The second-order valence-corrected chi connectivity index (χ2v) is 15.3. The Labute approximate surface area is 323 Å². The fourth-order valence-corrected chi connectivity index (χ4v) is 6.64. The molecule has 1 amide bonds. The second-order valence-electron chi connectivity index (χ2n) is 15.3. The summed E-state index contributed by atoms with van der Waals surface area (Å²) in [5, 5.41) is 33.2. The minimum atomic E-state index is -0.958. The van der Waals surface area contributed by atoms with Crippen molar-refractivity contribution in [2.45, 2.75) is 238 Å². The van der Waals surface area contributed by atoms with E-state index in [1.807, 2.05) is 6.08 Å². The summed E-state index contributed by atoms with van der Waals surface area (Å²) in [6, 6.07) is -0.768. The molecule has 5 heteroatoms. The van der Waals surface area contributed by atoms with Gasteiger partial charge in [0.2, 0.25) is 5.91 Å². The molecule has 0 bridgehead atoms. The monoisotopic (exact) mass is 730 g/mol. The Hall–Kier alpha value is -1.69. The molecule has 3 atom stereocenters. The van der Waals surface area contributed by atoms with Crippen LogP contribution in [0.2, 0.25) is 0 Å². The molecule has 0 aliphatic carbocycles. The molecule has 0 aromatic heterocycles. The number of nitrogens with one attached hydrogen (secondary N) is 1. The number of aliphatic hydroxyl groups is 3. The first-order chi connectivity index (χ1) is 25.5. The van der Waals surface area contributed by atoms with Crippen molar-refractivity contribution in [3.8, 4) is 0 Å². The summed E-state index contributed by atoms with van der Waals surface area (Å²) in [6.45, 7) is 4.16. The van der Waals surface area contributed by atoms with Crippen molar-refractivity contribution >= 4 is 5.91 Å². The van der Waals surface area contributed by atoms with E-state index in [0.717, 1.165) is 57.8 Å². The van der Waals surface area contributed by atoms with E-state index in [1.165, 1.54) is 135 Å². The second kappa shape index (κ2) is 42.1. The normalized spacial score (nSPS) is 14.0. The molecule has 4 N–H and O–H groups in total. The Morgan fingerprint density at radius 2 is 0.885 bits per heavy atom. The number of carbonyl (C=O) groups is 1. The van der Waals surface area contributed by atoms with Crippen LogP contribution in [0.1, 0.15) is 219 Å². The van der Waals surface area contributed by atoms with Gasteiger partial charge in [-0.2, -0.15) is 0 Å². The van der Waals surface area contributed by atoms with Gasteiger partial charge in [0, 0.05) is 0 Å². The topological polar surface area (TPSA) is 89.8 Å². The van der Waals surface area contributed by atoms with E-state index in [-0.39, 0.29) is 18.9 Å². The Bertz CT molecular complexity index is 850. The zero-order valence-corrected chi connectivity index (χ0v) is 34.4. The Balaban J connectivity index is 3.70. The molecular weight excluding hydrogens is 643 g/mol. The molecule has 0 fully saturated rings. The zero-order chi connectivity index (χ0) is 38.0. The highest BCUT2D eigenvalue weighted by atomic mass is 16.3. The molecule has 0 heterocycles. The summed E-state index contributed by atoms with van der Waals surface area (Å²) < 4.78 is 0. The fourth-order valence-electron chi connectivity index (χ4n) is 6.64. The maximum atomic E-state index is 12.4. The van der Waals surface area contributed by atoms with Crippen molar-refractivity contribution in [2.75, 3.05) is 6.61 Å². The van der Waals surface area contributed by atoms with Gasteiger partial charge < -0.3 is 20.6 Å². The van der Waals surface area contributed by atoms with Gasteiger partial charge in [-0.3, -0.25) is 4.79 Å². The molecule has 0 radical (unpaired) electrons. The maximum Gasteiger partial charge on any atom is 0.222 e. The molecule has 52 heavy (non-hydrogen) atoms. The smallest absolute Gasteiger partial charge is 0.222 e. The van der Waals surface area contributed by atoms with Crippen LogP contribution in [0.5, 0.6) is 0 Å². The van der Waals surface area contributed by atoms with Crippen LogP contribution in [0, 0.1) is 0 Å². The van der Waals surface area contributed by atoms with E-state index < -0.39 is 18.2 Å². The first-order valence-corrected chi connectivity index (χ1v) is 22.4. The molecular formula is C47H87NO4. The van der Waals surface area contributed by atoms with Gasteiger partial charge in [-0.05, 0) is 57.8 Å². The molecule has 0 saturated heterocycles. The van der Waals surface area contributed by atoms with E-state index in [2.05, 4.69) is 55.6 Å². The predicted octanol–water partition coefficient (Wildman–Crippen LogP) is 12.9. The minimum Gasteiger partial charge on any atom is -0.394 e. The molecule has 0 aromatic carbocycles. The van der Waals surface area contributed by atoms with Crippen molar-refractivity contribution < 1.29 is 20.1 Å². The van der Waals surface area contributed by atoms with Crippen LogP contribution >= 0.6 is 0 Å². The first kappa shape index (κ1) is 50.3. The summed E-state index contributed by atoms with van der Waals surface area (Å²) in [5.74, 6) is -0.339. The van der Waals surface area contributed by atoms with E-state index in [4.69, 9.17) is 0 Å². The number of rotatable bonds is 40. The van der Waals surface area contributed by atoms with Gasteiger partial charge in [0.15, 0.2) is 0 Å². The molecule has 0 aliphatic rings. The summed E-state index contributed by atoms with van der Waals surface area (Å²) in [5.41, 5.74) is 0. The third-order valence-corrected chi connectivity index (χ3v) is 10.1. The lowest BCUT2D eigenvalue weighted by Gasteiger charge is -2.20. The van der Waals surface area contributed by atoms with Crippen LogP contribution < -0.4 is 5.32 Å². The lowest BCUT2D eigenvalue weighted by molar-refractivity contribution is -0.124. The number of allylic oxidation sites excluding steroid dienone is 7. The van der Waals surface area contributed by atoms with Crippen molar-refractivity contribution in [2.24, 2.45) is 0 Å². The molecule has 0 rings (SSSR count). The highest BCUT2D eigenvalue weighted by Crippen LogP contribution is 2.15. The number of hydrogen-bond donors (Lipinski definition) is 4. The van der Waals surface area contributed by atoms with Crippen LogP contribution in [0.15, 0.2) is 48.6 Å². The zero-order valence-electron chi connectivity index (χ0n) is 34.4. The van der Waals surface area contributed by atoms with E-state index >= 15 is 0 Å². The molecule has 0 aromatic rings. The average molecular weight is 730 g/mol. The molecule has 304 valence electrons. The third kappa shape index (κ3) is 38.0. The van der Waals surface area contributed by atoms with Crippen molar-refractivity contribution in [3.63, 3.8) is 0 Å². The minimum absolute atomic E-state index is 0.00939. The number of aliphatic hydroxyl groups excluding tert-OH is 3. The summed E-state index contributed by atoms with van der Waals surface area (Å²) in [7, 11) is 0. The summed E-state index contributed by atoms with van der Waals surface area (Å²) in [4.78, 5) is 12.4. The Morgan fingerprint density at radius 1 is 0.500 bits per heavy atom. The standard InChI is InChI=1S/C47H87NO4/c1-3-5-7-9-11-13-15-17-18-19-20-21-22-23-24-25-26-27-29-31-33-35-37-39-41-46(51)45(43-49)48-47(52)42-44(50)40-38-36-34-32-30-28-16-14-12-10-8-6-4-2/h12,14,16,28,31,33,39,41,44-46,49-51H,3-11,13,15,17-27,29-30,32,34-38,40,42-43H2,1-2H3,(H,48,52)/b14-12-,28-16-,33-31+,41-39+. The fraction of sp³-hybridized carbons (Fsp3) is 0.809. The highest BCUT2D eigenvalue weighted by molar-refractivity contribution is 5.76. The average Bonchev–Trinajstić information content (AvgIpc) is 3.14. The molecule has 5 nitrogen and oxygen atoms in total. The van der Waals surface area contributed by atoms with Crippen molar-refractivity contribution in [1.82, 2.24) is 5.32 Å². The third-order valence-electron chi connectivity index (χ3n) is 10.1. The molecule has 0 saturated carbocycles. The van der Waals surface area contributed by atoms with Gasteiger partial charge in [-0.1, -0.05) is 204 Å². The van der Waals surface area contributed by atoms with Gasteiger partial charge in [0.25, 0.3) is 0 Å². The van der Waals surface area contributed by atoms with E-state index in [9.17, 15) is 20.1 Å². The largest absolute Gasteiger partial charge is 0.394 e. The van der Waals surface area contributed by atoms with Crippen LogP contribution in [0.3, 0.4) is 0 Å². The number of hydrogen-bond acceptors (Lipinski definition) is 4. The van der Waals surface area contributed by atoms with Crippen LogP contribution in [-0.2, 0) is 4.79 Å². The number of amides is 1. The predicted molar refractivity (Wildman–Crippen MR) is 227 cm³/mol. The van der Waals surface area contributed by atoms with Crippen LogP contribution in [-0.4, -0.2) is 46.1 Å². The molecule has 0 aliphatic heterocycles. The maximum absolute atomic E-state index is 12.4. The summed E-state index contributed by atoms with van der Waals surface area (Å²) >= 11 is 0. The summed E-state index contributed by atoms with van der Waals surface area (Å²) in [6.07, 6.45) is 54.1. The van der Waals surface area contributed by atoms with Gasteiger partial charge in [-0.25, -0.2) is 0 Å². The number of carbonyl (C=O) groups excluding carboxylic acids is 1. The van der Waals surface area contributed by atoms with E-state index in [1.54, 1.807) is 6.08 Å². The van der Waals surface area contributed by atoms with Crippen LogP contribution in [0.4, 0.5) is 0 Å². The highest BCUT2D eigenvalue weighted by Gasteiger charge is 2.20. The quantitative estimate of drug-likeness (QED) is 0.0287. The number of unbranched alkanes of at least 4 members (excludes halogenated alkanes) is 26. The van der Waals surface area contributed by atoms with E-state index in [0.29, 0.717) is 6.42 Å². The Kier molecular flexibility index (Phi) is 40.7. The first-order valence-electron chi connectivity index (χ1n) is 22.4. The SMILES string of the molecule is CCCCC/C=C\C=C/CCCCCCC(O)CC(=O)NC(CO)C(O)/C=C/CC/C=C/CCCCCCCCCCCCCCCCCCCC.